The predicted octanol–water partition coefficient (Wildman–Crippen LogP) is 4.46. The van der Waals surface area contributed by atoms with Crippen LogP contribution in [-0.2, 0) is 11.0 Å². The van der Waals surface area contributed by atoms with E-state index in [0.717, 1.165) is 12.3 Å². The number of halogens is 4. The summed E-state index contributed by atoms with van der Waals surface area (Å²) in [5, 5.41) is 11.9. The fourth-order valence-electron chi connectivity index (χ4n) is 3.01. The highest BCUT2D eigenvalue weighted by molar-refractivity contribution is 9.10. The molecule has 5 nitrogen and oxygen atoms in total. The zero-order valence-corrected chi connectivity index (χ0v) is 15.9. The summed E-state index contributed by atoms with van der Waals surface area (Å²) in [6.45, 7) is 0. The van der Waals surface area contributed by atoms with Gasteiger partial charge in [0.2, 0.25) is 0 Å². The Morgan fingerprint density at radius 1 is 1.25 bits per heavy atom. The number of hydrogen-bond acceptors (Lipinski definition) is 5. The highest BCUT2D eigenvalue weighted by Crippen LogP contribution is 2.36. The van der Waals surface area contributed by atoms with Gasteiger partial charge >= 0.3 is 6.18 Å². The van der Waals surface area contributed by atoms with Crippen molar-refractivity contribution in [2.75, 3.05) is 5.32 Å². The lowest BCUT2D eigenvalue weighted by Gasteiger charge is -2.18. The fraction of sp³-hybridized carbons (Fsp3) is 0.211. The molecule has 0 saturated heterocycles. The Morgan fingerprint density at radius 3 is 2.64 bits per heavy atom. The zero-order chi connectivity index (χ0) is 20.5. The van der Waals surface area contributed by atoms with Crippen molar-refractivity contribution in [3.63, 3.8) is 0 Å². The van der Waals surface area contributed by atoms with E-state index in [1.807, 2.05) is 6.07 Å². The van der Waals surface area contributed by atoms with Crippen LogP contribution in [-0.4, -0.2) is 10.8 Å². The summed E-state index contributed by atoms with van der Waals surface area (Å²) < 4.78 is 39.2. The topological polar surface area (TPSA) is 91.8 Å². The van der Waals surface area contributed by atoms with Crippen molar-refractivity contribution in [3.05, 3.63) is 69.1 Å². The highest BCUT2D eigenvalue weighted by Gasteiger charge is 2.33. The number of allylic oxidation sites excluding steroid dienone is 1. The first-order valence-corrected chi connectivity index (χ1v) is 9.01. The van der Waals surface area contributed by atoms with Crippen molar-refractivity contribution < 1.29 is 18.0 Å². The second kappa shape index (κ2) is 7.73. The number of rotatable bonds is 4. The average Bonchev–Trinajstić information content (AvgIpc) is 3.00. The van der Waals surface area contributed by atoms with Crippen molar-refractivity contribution in [2.24, 2.45) is 5.73 Å². The maximum atomic E-state index is 12.9. The van der Waals surface area contributed by atoms with Gasteiger partial charge in [0.25, 0.3) is 0 Å². The largest absolute Gasteiger partial charge is 0.433 e. The van der Waals surface area contributed by atoms with Gasteiger partial charge in [-0.3, -0.25) is 9.78 Å². The van der Waals surface area contributed by atoms with Crippen LogP contribution < -0.4 is 11.1 Å². The van der Waals surface area contributed by atoms with Crippen LogP contribution in [0.5, 0.6) is 0 Å². The van der Waals surface area contributed by atoms with Gasteiger partial charge in [0.1, 0.15) is 5.69 Å². The van der Waals surface area contributed by atoms with Gasteiger partial charge in [-0.2, -0.15) is 18.4 Å². The molecule has 0 fully saturated rings. The summed E-state index contributed by atoms with van der Waals surface area (Å²) in [6, 6.07) is 8.34. The molecule has 0 bridgehead atoms. The Hall–Kier alpha value is -2.70. The van der Waals surface area contributed by atoms with E-state index in [9.17, 15) is 18.0 Å². The minimum atomic E-state index is -4.57. The first kappa shape index (κ1) is 20.0. The van der Waals surface area contributed by atoms with E-state index < -0.39 is 17.9 Å². The molecule has 1 heterocycles. The van der Waals surface area contributed by atoms with Crippen LogP contribution in [0, 0.1) is 11.3 Å². The summed E-state index contributed by atoms with van der Waals surface area (Å²) in [4.78, 5) is 15.7. The maximum absolute atomic E-state index is 12.9. The van der Waals surface area contributed by atoms with Crippen LogP contribution in [0.25, 0.3) is 0 Å². The van der Waals surface area contributed by atoms with Gasteiger partial charge < -0.3 is 11.1 Å². The first-order chi connectivity index (χ1) is 13.2. The molecule has 1 unspecified atom stereocenters. The van der Waals surface area contributed by atoms with E-state index in [4.69, 9.17) is 11.0 Å². The van der Waals surface area contributed by atoms with E-state index in [0.29, 0.717) is 33.3 Å². The summed E-state index contributed by atoms with van der Waals surface area (Å²) in [5.41, 5.74) is 7.29. The number of nitrogens with two attached hydrogens (primary N) is 1. The molecule has 1 aliphatic rings. The van der Waals surface area contributed by atoms with E-state index in [-0.39, 0.29) is 17.9 Å². The van der Waals surface area contributed by atoms with Crippen LogP contribution in [0.15, 0.2) is 52.3 Å². The molecule has 0 radical (unpaired) electrons. The lowest BCUT2D eigenvalue weighted by molar-refractivity contribution is -0.141. The lowest BCUT2D eigenvalue weighted by Crippen LogP contribution is -2.20. The number of alkyl halides is 3. The second-order valence-corrected chi connectivity index (χ2v) is 7.05. The number of Topliss-reactive ketones (excluding diaryl/α,β-unsaturated/α-hetero) is 1. The summed E-state index contributed by atoms with van der Waals surface area (Å²) >= 11 is 3.36. The van der Waals surface area contributed by atoms with Crippen molar-refractivity contribution in [3.8, 4) is 6.07 Å². The molecule has 1 atom stereocenters. The van der Waals surface area contributed by atoms with Gasteiger partial charge in [0.05, 0.1) is 17.7 Å². The van der Waals surface area contributed by atoms with Gasteiger partial charge in [-0.25, -0.2) is 0 Å². The third-order valence-electron chi connectivity index (χ3n) is 4.35. The number of carbonyl (C=O) groups excluding carboxylic acids is 1. The normalized spacial score (nSPS) is 15.5. The number of carbonyl (C=O) groups is 1. The zero-order valence-electron chi connectivity index (χ0n) is 14.3. The van der Waals surface area contributed by atoms with E-state index in [1.165, 1.54) is 6.07 Å². The molecule has 3 N–H and O–H groups in total. The number of nitrogens with one attached hydrogen (secondary N) is 1. The standard InChI is InChI=1S/C19H14BrF3N4O/c20-13-7-10(9-24)1-2-12(13)18(25)17-14(3-4-15(17)28)27-11-5-6-26-16(8-11)19(21,22)23/h1-2,5-8,18H,3-4,25H2,(H,26,27). The Morgan fingerprint density at radius 2 is 2.00 bits per heavy atom. The monoisotopic (exact) mass is 450 g/mol. The van der Waals surface area contributed by atoms with Gasteiger partial charge in [0.15, 0.2) is 5.78 Å². The summed E-state index contributed by atoms with van der Waals surface area (Å²) in [7, 11) is 0. The minimum Gasteiger partial charge on any atom is -0.358 e. The van der Waals surface area contributed by atoms with E-state index >= 15 is 0 Å². The molecule has 0 aliphatic heterocycles. The minimum absolute atomic E-state index is 0.170. The number of benzene rings is 1. The van der Waals surface area contributed by atoms with E-state index in [2.05, 4.69) is 26.2 Å². The third-order valence-corrected chi connectivity index (χ3v) is 5.04. The van der Waals surface area contributed by atoms with Crippen molar-refractivity contribution in [1.29, 1.82) is 5.26 Å². The molecule has 144 valence electrons. The van der Waals surface area contributed by atoms with Gasteiger partial charge in [-0.15, -0.1) is 0 Å². The molecule has 1 aliphatic carbocycles. The molecule has 28 heavy (non-hydrogen) atoms. The van der Waals surface area contributed by atoms with Crippen molar-refractivity contribution >= 4 is 27.4 Å². The smallest absolute Gasteiger partial charge is 0.358 e. The number of nitrogens with zero attached hydrogens (tertiary/aromatic N) is 2. The number of ketones is 1. The fourth-order valence-corrected chi connectivity index (χ4v) is 3.63. The summed E-state index contributed by atoms with van der Waals surface area (Å²) in [5.74, 6) is -0.170. The van der Waals surface area contributed by atoms with Crippen LogP contribution >= 0.6 is 15.9 Å². The lowest BCUT2D eigenvalue weighted by atomic mass is 9.96. The van der Waals surface area contributed by atoms with Crippen LogP contribution in [0.4, 0.5) is 18.9 Å². The Labute approximate surface area is 167 Å². The van der Waals surface area contributed by atoms with Crippen molar-refractivity contribution in [2.45, 2.75) is 25.1 Å². The highest BCUT2D eigenvalue weighted by atomic mass is 79.9. The SMILES string of the molecule is N#Cc1ccc(C(N)C2=C(Nc3ccnc(C(F)(F)F)c3)CCC2=O)c(Br)c1. The Balaban J connectivity index is 1.96. The van der Waals surface area contributed by atoms with Crippen molar-refractivity contribution in [1.82, 2.24) is 4.98 Å². The Bertz CT molecular complexity index is 1010. The molecular weight excluding hydrogens is 437 g/mol. The third kappa shape index (κ3) is 4.08. The molecule has 1 aromatic carbocycles. The molecular formula is C19H14BrF3N4O. The Kier molecular flexibility index (Phi) is 5.54. The quantitative estimate of drug-likeness (QED) is 0.716. The molecule has 3 rings (SSSR count). The first-order valence-electron chi connectivity index (χ1n) is 8.22. The maximum Gasteiger partial charge on any atom is 0.433 e. The average molecular weight is 451 g/mol. The van der Waals surface area contributed by atoms with Gasteiger partial charge in [-0.1, -0.05) is 22.0 Å². The second-order valence-electron chi connectivity index (χ2n) is 6.19. The molecule has 2 aromatic rings. The number of aromatic nitrogens is 1. The molecule has 0 amide bonds. The summed E-state index contributed by atoms with van der Waals surface area (Å²) in [6.07, 6.45) is -2.95. The van der Waals surface area contributed by atoms with Crippen LogP contribution in [0.1, 0.15) is 35.7 Å². The van der Waals surface area contributed by atoms with Crippen LogP contribution in [0.3, 0.4) is 0 Å². The molecule has 1 aromatic heterocycles. The number of hydrogen-bond donors (Lipinski definition) is 2. The van der Waals surface area contributed by atoms with E-state index in [1.54, 1.807) is 18.2 Å². The number of anilines is 1. The molecule has 0 spiro atoms. The van der Waals surface area contributed by atoms with Crippen LogP contribution in [0.2, 0.25) is 0 Å². The number of pyridine rings is 1. The number of nitriles is 1. The molecule has 9 heteroatoms. The molecule has 0 saturated carbocycles. The predicted molar refractivity (Wildman–Crippen MR) is 99.9 cm³/mol. The van der Waals surface area contributed by atoms with Gasteiger partial charge in [0, 0.05) is 34.0 Å². The van der Waals surface area contributed by atoms with Gasteiger partial charge in [-0.05, 0) is 36.2 Å².